The topological polar surface area (TPSA) is 78.9 Å². The summed E-state index contributed by atoms with van der Waals surface area (Å²) in [5.74, 6) is -1.32. The van der Waals surface area contributed by atoms with Crippen LogP contribution in [0.4, 0.5) is 13.2 Å². The van der Waals surface area contributed by atoms with E-state index in [1.807, 2.05) is 6.92 Å². The van der Waals surface area contributed by atoms with Crippen molar-refractivity contribution >= 4 is 16.1 Å². The minimum absolute atomic E-state index is 0.110. The molecule has 0 N–H and O–H groups in total. The summed E-state index contributed by atoms with van der Waals surface area (Å²) in [7, 11) is -4.65. The van der Waals surface area contributed by atoms with Crippen LogP contribution in [0.5, 0.6) is 11.5 Å². The number of rotatable bonds is 8. The van der Waals surface area contributed by atoms with E-state index in [9.17, 15) is 26.4 Å². The van der Waals surface area contributed by atoms with E-state index in [0.717, 1.165) is 0 Å². The highest BCUT2D eigenvalue weighted by molar-refractivity contribution is 7.88. The number of carbonyl (C=O) groups is 1. The molecule has 0 heterocycles. The minimum Gasteiger partial charge on any atom is -0.493 e. The summed E-state index contributed by atoms with van der Waals surface area (Å²) < 4.78 is 74.9. The summed E-state index contributed by atoms with van der Waals surface area (Å²) in [5, 5.41) is 0. The Hall–Kier alpha value is -1.97. The lowest BCUT2D eigenvalue weighted by atomic mass is 9.91. The summed E-state index contributed by atoms with van der Waals surface area (Å²) in [5.41, 5.74) is -5.65. The van der Waals surface area contributed by atoms with Gasteiger partial charge in [-0.3, -0.25) is 4.79 Å². The summed E-state index contributed by atoms with van der Waals surface area (Å²) in [6, 6.07) is 4.10. The van der Waals surface area contributed by atoms with Crippen LogP contribution in [0.25, 0.3) is 0 Å². The van der Waals surface area contributed by atoms with Crippen molar-refractivity contribution in [1.82, 2.24) is 0 Å². The number of esters is 1. The third-order valence-corrected chi connectivity index (χ3v) is 4.72. The molecule has 0 aromatic heterocycles. The van der Waals surface area contributed by atoms with Gasteiger partial charge in [0.05, 0.1) is 7.11 Å². The standard InChI is InChI=1S/C18H25F3O6S/c1-6-12(8-10-16(22)26-17(2,3)4)13-7-9-14(25-5)15(11-13)27-28(23,24)18(19,20)21/h7,9,11-12H,6,8,10H2,1-5H3/t12-/m0/s1. The third-order valence-electron chi connectivity index (χ3n) is 3.75. The van der Waals surface area contributed by atoms with Crippen LogP contribution in [0.3, 0.4) is 0 Å². The Kier molecular flexibility index (Phi) is 7.75. The van der Waals surface area contributed by atoms with E-state index in [4.69, 9.17) is 9.47 Å². The first-order valence-corrected chi connectivity index (χ1v) is 10.0. The van der Waals surface area contributed by atoms with Gasteiger partial charge in [-0.1, -0.05) is 13.0 Å². The van der Waals surface area contributed by atoms with Crippen LogP contribution >= 0.6 is 0 Å². The first-order chi connectivity index (χ1) is 12.7. The van der Waals surface area contributed by atoms with Gasteiger partial charge in [0, 0.05) is 6.42 Å². The summed E-state index contributed by atoms with van der Waals surface area (Å²) in [6.45, 7) is 7.08. The van der Waals surface area contributed by atoms with Crippen LogP contribution in [0, 0.1) is 0 Å². The highest BCUT2D eigenvalue weighted by atomic mass is 32.2. The second-order valence-electron chi connectivity index (χ2n) is 7.12. The van der Waals surface area contributed by atoms with Crippen LogP contribution in [0.1, 0.15) is 58.4 Å². The van der Waals surface area contributed by atoms with E-state index < -0.39 is 32.9 Å². The molecule has 1 atom stereocenters. The molecule has 6 nitrogen and oxygen atoms in total. The van der Waals surface area contributed by atoms with Gasteiger partial charge >= 0.3 is 21.6 Å². The smallest absolute Gasteiger partial charge is 0.493 e. The predicted molar refractivity (Wildman–Crippen MR) is 96.7 cm³/mol. The zero-order valence-electron chi connectivity index (χ0n) is 16.4. The molecular weight excluding hydrogens is 401 g/mol. The third kappa shape index (κ3) is 6.88. The lowest BCUT2D eigenvalue weighted by Gasteiger charge is -2.21. The van der Waals surface area contributed by atoms with Gasteiger partial charge in [0.1, 0.15) is 5.60 Å². The average molecular weight is 426 g/mol. The molecule has 0 aliphatic carbocycles. The number of ether oxygens (including phenoxy) is 2. The predicted octanol–water partition coefficient (Wildman–Crippen LogP) is 4.54. The molecule has 0 saturated carbocycles. The highest BCUT2D eigenvalue weighted by Crippen LogP contribution is 2.37. The summed E-state index contributed by atoms with van der Waals surface area (Å²) in [6.07, 6.45) is 1.06. The molecule has 0 bridgehead atoms. The van der Waals surface area contributed by atoms with Gasteiger partial charge < -0.3 is 13.7 Å². The van der Waals surface area contributed by atoms with Crippen molar-refractivity contribution in [1.29, 1.82) is 0 Å². The van der Waals surface area contributed by atoms with Crippen molar-refractivity contribution in [2.45, 2.75) is 64.0 Å². The van der Waals surface area contributed by atoms with Gasteiger partial charge in [-0.15, -0.1) is 0 Å². The van der Waals surface area contributed by atoms with E-state index >= 15 is 0 Å². The number of hydrogen-bond donors (Lipinski definition) is 0. The maximum absolute atomic E-state index is 12.6. The Morgan fingerprint density at radius 3 is 2.21 bits per heavy atom. The largest absolute Gasteiger partial charge is 0.534 e. The van der Waals surface area contributed by atoms with Crippen molar-refractivity contribution in [2.24, 2.45) is 0 Å². The van der Waals surface area contributed by atoms with Crippen LogP contribution in [0.2, 0.25) is 0 Å². The number of hydrogen-bond acceptors (Lipinski definition) is 6. The molecule has 1 aromatic rings. The van der Waals surface area contributed by atoms with E-state index in [2.05, 4.69) is 4.18 Å². The van der Waals surface area contributed by atoms with Crippen LogP contribution in [-0.2, 0) is 19.6 Å². The number of halogens is 3. The first kappa shape index (κ1) is 24.1. The monoisotopic (exact) mass is 426 g/mol. The maximum Gasteiger partial charge on any atom is 0.534 e. The SMILES string of the molecule is CC[C@@H](CCC(=O)OC(C)(C)C)c1ccc(OC)c(OS(=O)(=O)C(F)(F)F)c1. The summed E-state index contributed by atoms with van der Waals surface area (Å²) >= 11 is 0. The molecule has 1 aromatic carbocycles. The lowest BCUT2D eigenvalue weighted by Crippen LogP contribution is -2.28. The first-order valence-electron chi connectivity index (χ1n) is 8.60. The molecule has 0 aliphatic rings. The van der Waals surface area contributed by atoms with Crippen molar-refractivity contribution in [3.05, 3.63) is 23.8 Å². The Morgan fingerprint density at radius 1 is 1.14 bits per heavy atom. The molecule has 160 valence electrons. The zero-order chi connectivity index (χ0) is 21.8. The van der Waals surface area contributed by atoms with Gasteiger partial charge in [-0.2, -0.15) is 21.6 Å². The van der Waals surface area contributed by atoms with Gasteiger partial charge in [-0.05, 0) is 57.2 Å². The second-order valence-corrected chi connectivity index (χ2v) is 8.66. The fraction of sp³-hybridized carbons (Fsp3) is 0.611. The quantitative estimate of drug-likeness (QED) is 0.345. The molecule has 0 unspecified atom stereocenters. The van der Waals surface area contributed by atoms with E-state index in [-0.39, 0.29) is 18.1 Å². The normalized spacial score (nSPS) is 13.7. The Morgan fingerprint density at radius 2 is 1.75 bits per heavy atom. The molecule has 0 fully saturated rings. The fourth-order valence-corrected chi connectivity index (χ4v) is 2.93. The molecule has 10 heteroatoms. The molecule has 0 spiro atoms. The maximum atomic E-state index is 12.6. The average Bonchev–Trinajstić information content (AvgIpc) is 2.52. The Labute approximate surface area is 163 Å². The number of methoxy groups -OCH3 is 1. The minimum atomic E-state index is -5.83. The van der Waals surface area contributed by atoms with Gasteiger partial charge in [0.2, 0.25) is 0 Å². The number of alkyl halides is 3. The molecule has 28 heavy (non-hydrogen) atoms. The van der Waals surface area contributed by atoms with Crippen LogP contribution in [0.15, 0.2) is 18.2 Å². The zero-order valence-corrected chi connectivity index (χ0v) is 17.2. The van der Waals surface area contributed by atoms with E-state index in [0.29, 0.717) is 18.4 Å². The van der Waals surface area contributed by atoms with Crippen molar-refractivity contribution in [3.63, 3.8) is 0 Å². The molecular formula is C18H25F3O6S. The Bertz CT molecular complexity index is 781. The van der Waals surface area contributed by atoms with Gasteiger partial charge in [-0.25, -0.2) is 0 Å². The van der Waals surface area contributed by atoms with Crippen molar-refractivity contribution in [3.8, 4) is 11.5 Å². The molecule has 0 amide bonds. The second kappa shape index (κ2) is 9.02. The van der Waals surface area contributed by atoms with E-state index in [1.165, 1.54) is 19.2 Å². The van der Waals surface area contributed by atoms with Gasteiger partial charge in [0.25, 0.3) is 0 Å². The molecule has 0 radical (unpaired) electrons. The van der Waals surface area contributed by atoms with Crippen LogP contribution < -0.4 is 8.92 Å². The van der Waals surface area contributed by atoms with E-state index in [1.54, 1.807) is 26.8 Å². The summed E-state index contributed by atoms with van der Waals surface area (Å²) in [4.78, 5) is 11.9. The lowest BCUT2D eigenvalue weighted by molar-refractivity contribution is -0.155. The molecule has 0 aliphatic heterocycles. The highest BCUT2D eigenvalue weighted by Gasteiger charge is 2.49. The van der Waals surface area contributed by atoms with Crippen LogP contribution in [-0.4, -0.2) is 32.6 Å². The number of benzene rings is 1. The number of carbonyl (C=O) groups excluding carboxylic acids is 1. The van der Waals surface area contributed by atoms with Crippen molar-refractivity contribution in [2.75, 3.05) is 7.11 Å². The molecule has 0 saturated heterocycles. The van der Waals surface area contributed by atoms with Gasteiger partial charge in [0.15, 0.2) is 11.5 Å². The Balaban J connectivity index is 3.05. The van der Waals surface area contributed by atoms with Crippen molar-refractivity contribution < 1.29 is 40.0 Å². The fourth-order valence-electron chi connectivity index (χ4n) is 2.47. The molecule has 1 rings (SSSR count).